The Morgan fingerprint density at radius 1 is 1.20 bits per heavy atom. The molecule has 0 aliphatic heterocycles. The van der Waals surface area contributed by atoms with Gasteiger partial charge in [-0.25, -0.2) is 0 Å². The van der Waals surface area contributed by atoms with Crippen LogP contribution in [-0.2, 0) is 9.47 Å². The van der Waals surface area contributed by atoms with Gasteiger partial charge < -0.3 is 9.47 Å². The smallest absolute Gasteiger partial charge is 0.156 e. The molecule has 0 N–H and O–H groups in total. The maximum Gasteiger partial charge on any atom is 0.156 e. The van der Waals surface area contributed by atoms with Gasteiger partial charge >= 0.3 is 0 Å². The Hall–Kier alpha value is -0.520. The molecule has 2 nitrogen and oxygen atoms in total. The summed E-state index contributed by atoms with van der Waals surface area (Å²) in [6, 6.07) is 0. The van der Waals surface area contributed by atoms with E-state index in [1.54, 1.807) is 0 Å². The molecule has 15 heavy (non-hydrogen) atoms. The third-order valence-electron chi connectivity index (χ3n) is 2.84. The highest BCUT2D eigenvalue weighted by atomic mass is 16.7. The fourth-order valence-electron chi connectivity index (χ4n) is 2.03. The fourth-order valence-corrected chi connectivity index (χ4v) is 2.03. The van der Waals surface area contributed by atoms with Gasteiger partial charge in [0, 0.05) is 0 Å². The van der Waals surface area contributed by atoms with Gasteiger partial charge in [0.1, 0.15) is 6.61 Å². The summed E-state index contributed by atoms with van der Waals surface area (Å²) in [5.74, 6) is 2.46. The molecule has 1 fully saturated rings. The van der Waals surface area contributed by atoms with E-state index in [1.165, 1.54) is 44.9 Å². The first-order valence-corrected chi connectivity index (χ1v) is 6.03. The summed E-state index contributed by atoms with van der Waals surface area (Å²) in [6.45, 7) is 2.27. The summed E-state index contributed by atoms with van der Waals surface area (Å²) in [4.78, 5) is 0. The molecule has 0 radical (unpaired) electrons. The van der Waals surface area contributed by atoms with Crippen molar-refractivity contribution < 1.29 is 9.47 Å². The normalized spacial score (nSPS) is 21.3. The number of ether oxygens (including phenoxy) is 2. The monoisotopic (exact) mass is 210 g/mol. The van der Waals surface area contributed by atoms with Gasteiger partial charge in [0.25, 0.3) is 0 Å². The van der Waals surface area contributed by atoms with E-state index in [1.807, 2.05) is 6.92 Å². The lowest BCUT2D eigenvalue weighted by Gasteiger charge is -2.23. The molecule has 1 aliphatic rings. The largest absolute Gasteiger partial charge is 0.350 e. The summed E-state index contributed by atoms with van der Waals surface area (Å²) in [7, 11) is 0. The van der Waals surface area contributed by atoms with Crippen molar-refractivity contribution in [3.8, 4) is 12.3 Å². The predicted molar refractivity (Wildman–Crippen MR) is 61.4 cm³/mol. The van der Waals surface area contributed by atoms with Crippen molar-refractivity contribution in [2.75, 3.05) is 6.61 Å². The van der Waals surface area contributed by atoms with Crippen molar-refractivity contribution in [2.24, 2.45) is 0 Å². The highest BCUT2D eigenvalue weighted by Gasteiger charge is 2.14. The highest BCUT2D eigenvalue weighted by molar-refractivity contribution is 4.82. The SMILES string of the molecule is C#CCOC(C)OC1CCCCCCC1. The zero-order chi connectivity index (χ0) is 10.9. The molecule has 0 aromatic carbocycles. The van der Waals surface area contributed by atoms with Crippen LogP contribution in [0.2, 0.25) is 0 Å². The molecule has 1 aliphatic carbocycles. The van der Waals surface area contributed by atoms with Crippen LogP contribution in [0.4, 0.5) is 0 Å². The van der Waals surface area contributed by atoms with E-state index in [-0.39, 0.29) is 6.29 Å². The Bertz CT molecular complexity index is 187. The number of hydrogen-bond donors (Lipinski definition) is 0. The van der Waals surface area contributed by atoms with Crippen molar-refractivity contribution in [1.29, 1.82) is 0 Å². The molecule has 0 aromatic heterocycles. The number of terminal acetylenes is 1. The summed E-state index contributed by atoms with van der Waals surface area (Å²) in [5.41, 5.74) is 0. The third kappa shape index (κ3) is 5.81. The molecule has 0 saturated heterocycles. The van der Waals surface area contributed by atoms with Gasteiger partial charge in [0.05, 0.1) is 6.10 Å². The standard InChI is InChI=1S/C13H22O2/c1-3-11-14-12(2)15-13-9-7-5-4-6-8-10-13/h1,12-13H,4-11H2,2H3. The molecule has 1 saturated carbocycles. The van der Waals surface area contributed by atoms with E-state index >= 15 is 0 Å². The molecule has 0 spiro atoms. The van der Waals surface area contributed by atoms with Gasteiger partial charge in [-0.15, -0.1) is 6.42 Å². The highest BCUT2D eigenvalue weighted by Crippen LogP contribution is 2.20. The summed E-state index contributed by atoms with van der Waals surface area (Å²) in [6.07, 6.45) is 14.3. The van der Waals surface area contributed by atoms with E-state index in [9.17, 15) is 0 Å². The van der Waals surface area contributed by atoms with Crippen LogP contribution in [0.15, 0.2) is 0 Å². The van der Waals surface area contributed by atoms with Crippen molar-refractivity contribution >= 4 is 0 Å². The van der Waals surface area contributed by atoms with Gasteiger partial charge in [-0.2, -0.15) is 0 Å². The number of rotatable bonds is 4. The zero-order valence-electron chi connectivity index (χ0n) is 9.71. The van der Waals surface area contributed by atoms with Gasteiger partial charge in [0.2, 0.25) is 0 Å². The van der Waals surface area contributed by atoms with Crippen LogP contribution in [0, 0.1) is 12.3 Å². The van der Waals surface area contributed by atoms with Crippen molar-refractivity contribution in [3.05, 3.63) is 0 Å². The summed E-state index contributed by atoms with van der Waals surface area (Å²) in [5, 5.41) is 0. The zero-order valence-corrected chi connectivity index (χ0v) is 9.71. The second-order valence-corrected chi connectivity index (χ2v) is 4.19. The molecule has 0 bridgehead atoms. The molecule has 1 rings (SSSR count). The van der Waals surface area contributed by atoms with E-state index < -0.39 is 0 Å². The van der Waals surface area contributed by atoms with Crippen LogP contribution < -0.4 is 0 Å². The van der Waals surface area contributed by atoms with Crippen molar-refractivity contribution in [3.63, 3.8) is 0 Å². The van der Waals surface area contributed by atoms with Gasteiger partial charge in [0.15, 0.2) is 6.29 Å². The molecule has 1 unspecified atom stereocenters. The van der Waals surface area contributed by atoms with E-state index in [2.05, 4.69) is 5.92 Å². The third-order valence-corrected chi connectivity index (χ3v) is 2.84. The van der Waals surface area contributed by atoms with E-state index in [4.69, 9.17) is 15.9 Å². The topological polar surface area (TPSA) is 18.5 Å². The molecule has 86 valence electrons. The molecule has 0 amide bonds. The maximum atomic E-state index is 5.81. The van der Waals surface area contributed by atoms with Crippen LogP contribution >= 0.6 is 0 Å². The van der Waals surface area contributed by atoms with Crippen LogP contribution in [-0.4, -0.2) is 19.0 Å². The fraction of sp³-hybridized carbons (Fsp3) is 0.846. The molecule has 0 heterocycles. The lowest BCUT2D eigenvalue weighted by Crippen LogP contribution is -2.23. The van der Waals surface area contributed by atoms with Crippen LogP contribution in [0.3, 0.4) is 0 Å². The summed E-state index contributed by atoms with van der Waals surface area (Å²) >= 11 is 0. The first-order valence-electron chi connectivity index (χ1n) is 6.03. The molecular weight excluding hydrogens is 188 g/mol. The minimum atomic E-state index is -0.162. The molecular formula is C13H22O2. The van der Waals surface area contributed by atoms with Gasteiger partial charge in [-0.3, -0.25) is 0 Å². The second-order valence-electron chi connectivity index (χ2n) is 4.19. The average Bonchev–Trinajstić information content (AvgIpc) is 2.19. The minimum Gasteiger partial charge on any atom is -0.350 e. The Morgan fingerprint density at radius 3 is 2.40 bits per heavy atom. The Balaban J connectivity index is 2.19. The van der Waals surface area contributed by atoms with Crippen molar-refractivity contribution in [1.82, 2.24) is 0 Å². The minimum absolute atomic E-state index is 0.162. The lowest BCUT2D eigenvalue weighted by molar-refractivity contribution is -0.156. The van der Waals surface area contributed by atoms with E-state index in [0.29, 0.717) is 12.7 Å². The average molecular weight is 210 g/mol. The maximum absolute atomic E-state index is 5.81. The Kier molecular flexibility index (Phi) is 6.47. The van der Waals surface area contributed by atoms with E-state index in [0.717, 1.165) is 0 Å². The summed E-state index contributed by atoms with van der Waals surface area (Å²) < 4.78 is 11.1. The lowest BCUT2D eigenvalue weighted by atomic mass is 9.99. The van der Waals surface area contributed by atoms with Crippen LogP contribution in [0.5, 0.6) is 0 Å². The first-order chi connectivity index (χ1) is 7.33. The van der Waals surface area contributed by atoms with Crippen LogP contribution in [0.1, 0.15) is 51.9 Å². The Morgan fingerprint density at radius 2 is 1.80 bits per heavy atom. The Labute approximate surface area is 93.3 Å². The predicted octanol–water partition coefficient (Wildman–Crippen LogP) is 3.11. The van der Waals surface area contributed by atoms with Gasteiger partial charge in [-0.05, 0) is 19.8 Å². The molecule has 0 aromatic rings. The number of hydrogen-bond acceptors (Lipinski definition) is 2. The quantitative estimate of drug-likeness (QED) is 0.524. The first kappa shape index (κ1) is 12.5. The van der Waals surface area contributed by atoms with Crippen molar-refractivity contribution in [2.45, 2.75) is 64.3 Å². The van der Waals surface area contributed by atoms with Crippen LogP contribution in [0.25, 0.3) is 0 Å². The molecule has 1 atom stereocenters. The van der Waals surface area contributed by atoms with Gasteiger partial charge in [-0.1, -0.05) is 38.0 Å². The second kappa shape index (κ2) is 7.73. The molecule has 2 heteroatoms.